The van der Waals surface area contributed by atoms with Gasteiger partial charge in [-0.2, -0.15) is 0 Å². The van der Waals surface area contributed by atoms with Gasteiger partial charge in [-0.05, 0) is 18.2 Å². The Hall–Kier alpha value is -2.01. The number of imidazole rings is 1. The van der Waals surface area contributed by atoms with Gasteiger partial charge in [-0.1, -0.05) is 34.1 Å². The molecule has 3 N–H and O–H groups in total. The Labute approximate surface area is 125 Å². The molecule has 0 fully saturated rings. The molecule has 0 aliphatic carbocycles. The van der Waals surface area contributed by atoms with Gasteiger partial charge in [0.1, 0.15) is 17.1 Å². The molecule has 0 aliphatic heterocycles. The van der Waals surface area contributed by atoms with Crippen molar-refractivity contribution in [1.82, 2.24) is 9.97 Å². The van der Waals surface area contributed by atoms with E-state index in [4.69, 9.17) is 10.5 Å². The first kappa shape index (κ1) is 13.0. The first-order chi connectivity index (χ1) is 9.67. The second-order valence-corrected chi connectivity index (χ2v) is 5.48. The maximum absolute atomic E-state index is 5.98. The molecule has 0 atom stereocenters. The number of fused-ring (bicyclic) bond motifs is 1. The van der Waals surface area contributed by atoms with Gasteiger partial charge in [0.15, 0.2) is 0 Å². The lowest BCUT2D eigenvalue weighted by Gasteiger charge is -2.05. The van der Waals surface area contributed by atoms with Crippen molar-refractivity contribution in [2.75, 3.05) is 12.8 Å². The number of nitrogens with zero attached hydrogens (tertiary/aromatic N) is 1. The third-order valence-electron chi connectivity index (χ3n) is 3.18. The Kier molecular flexibility index (Phi) is 3.36. The summed E-state index contributed by atoms with van der Waals surface area (Å²) in [6.07, 6.45) is 0.676. The number of aromatic nitrogens is 2. The molecule has 3 aromatic rings. The number of nitrogen functional groups attached to an aromatic ring is 1. The molecule has 0 spiro atoms. The minimum atomic E-state index is 0.664. The molecule has 3 rings (SSSR count). The van der Waals surface area contributed by atoms with Gasteiger partial charge in [-0.15, -0.1) is 0 Å². The van der Waals surface area contributed by atoms with E-state index in [9.17, 15) is 0 Å². The third kappa shape index (κ3) is 2.36. The summed E-state index contributed by atoms with van der Waals surface area (Å²) >= 11 is 3.43. The van der Waals surface area contributed by atoms with Crippen molar-refractivity contribution in [1.29, 1.82) is 0 Å². The lowest BCUT2D eigenvalue weighted by molar-refractivity contribution is 0.410. The zero-order chi connectivity index (χ0) is 14.1. The average molecular weight is 332 g/mol. The number of hydrogen-bond donors (Lipinski definition) is 2. The van der Waals surface area contributed by atoms with Crippen LogP contribution in [0.5, 0.6) is 5.75 Å². The molecule has 2 aromatic carbocycles. The minimum Gasteiger partial charge on any atom is -0.496 e. The highest BCUT2D eigenvalue weighted by Gasteiger charge is 2.09. The molecule has 1 heterocycles. The van der Waals surface area contributed by atoms with Crippen LogP contribution in [0.25, 0.3) is 11.0 Å². The molecule has 102 valence electrons. The monoisotopic (exact) mass is 331 g/mol. The number of benzene rings is 2. The van der Waals surface area contributed by atoms with E-state index in [0.29, 0.717) is 12.1 Å². The van der Waals surface area contributed by atoms with E-state index in [0.717, 1.165) is 32.6 Å². The van der Waals surface area contributed by atoms with Gasteiger partial charge in [-0.25, -0.2) is 4.98 Å². The fraction of sp³-hybridized carbons (Fsp3) is 0.133. The Morgan fingerprint density at radius 1 is 1.30 bits per heavy atom. The molecule has 0 unspecified atom stereocenters. The lowest BCUT2D eigenvalue weighted by Crippen LogP contribution is -1.95. The van der Waals surface area contributed by atoms with Crippen molar-refractivity contribution in [3.05, 3.63) is 52.3 Å². The molecule has 20 heavy (non-hydrogen) atoms. The Morgan fingerprint density at radius 2 is 2.10 bits per heavy atom. The maximum atomic E-state index is 5.98. The second kappa shape index (κ2) is 5.17. The predicted molar refractivity (Wildman–Crippen MR) is 84.0 cm³/mol. The van der Waals surface area contributed by atoms with Crippen molar-refractivity contribution in [3.8, 4) is 5.75 Å². The molecule has 4 nitrogen and oxygen atoms in total. The molecule has 0 saturated carbocycles. The number of hydrogen-bond acceptors (Lipinski definition) is 3. The number of methoxy groups -OCH3 is 1. The highest BCUT2D eigenvalue weighted by Crippen LogP contribution is 2.26. The highest BCUT2D eigenvalue weighted by molar-refractivity contribution is 9.10. The number of aromatic amines is 1. The molecule has 5 heteroatoms. The van der Waals surface area contributed by atoms with E-state index in [-0.39, 0.29) is 0 Å². The SMILES string of the molecule is COc1ccccc1Cc1nc2c(N)cc(Br)cc2[nH]1. The summed E-state index contributed by atoms with van der Waals surface area (Å²) in [6, 6.07) is 11.8. The molecular weight excluding hydrogens is 318 g/mol. The van der Waals surface area contributed by atoms with E-state index in [1.165, 1.54) is 0 Å². The summed E-state index contributed by atoms with van der Waals surface area (Å²) in [7, 11) is 1.67. The first-order valence-electron chi connectivity index (χ1n) is 6.23. The number of halogens is 1. The quantitative estimate of drug-likeness (QED) is 0.722. The Balaban J connectivity index is 2.01. The van der Waals surface area contributed by atoms with Crippen molar-refractivity contribution in [2.45, 2.75) is 6.42 Å². The third-order valence-corrected chi connectivity index (χ3v) is 3.64. The van der Waals surface area contributed by atoms with Crippen molar-refractivity contribution in [3.63, 3.8) is 0 Å². The lowest BCUT2D eigenvalue weighted by atomic mass is 10.1. The van der Waals surface area contributed by atoms with Crippen LogP contribution < -0.4 is 10.5 Å². The molecular formula is C15H14BrN3O. The normalized spacial score (nSPS) is 10.9. The summed E-state index contributed by atoms with van der Waals surface area (Å²) in [5, 5.41) is 0. The van der Waals surface area contributed by atoms with Gasteiger partial charge in [0.2, 0.25) is 0 Å². The zero-order valence-electron chi connectivity index (χ0n) is 11.0. The van der Waals surface area contributed by atoms with Crippen molar-refractivity contribution < 1.29 is 4.74 Å². The summed E-state index contributed by atoms with van der Waals surface area (Å²) in [5.74, 6) is 1.73. The molecule has 0 bridgehead atoms. The number of para-hydroxylation sites is 1. The van der Waals surface area contributed by atoms with Crippen LogP contribution >= 0.6 is 15.9 Å². The molecule has 0 amide bonds. The van der Waals surface area contributed by atoms with E-state index in [1.807, 2.05) is 36.4 Å². The van der Waals surface area contributed by atoms with Crippen LogP contribution in [0.1, 0.15) is 11.4 Å². The minimum absolute atomic E-state index is 0.664. The van der Waals surface area contributed by atoms with E-state index < -0.39 is 0 Å². The predicted octanol–water partition coefficient (Wildman–Crippen LogP) is 3.51. The number of anilines is 1. The Bertz CT molecular complexity index is 767. The van der Waals surface area contributed by atoms with Crippen LogP contribution in [0.3, 0.4) is 0 Å². The van der Waals surface area contributed by atoms with Gasteiger partial charge >= 0.3 is 0 Å². The number of rotatable bonds is 3. The van der Waals surface area contributed by atoms with Crippen LogP contribution in [0.2, 0.25) is 0 Å². The number of nitrogens with one attached hydrogen (secondary N) is 1. The summed E-state index contributed by atoms with van der Waals surface area (Å²) in [5.41, 5.74) is 9.47. The van der Waals surface area contributed by atoms with Gasteiger partial charge in [0.25, 0.3) is 0 Å². The van der Waals surface area contributed by atoms with Crippen molar-refractivity contribution in [2.24, 2.45) is 0 Å². The standard InChI is InChI=1S/C15H14BrN3O/c1-20-13-5-3-2-4-9(13)6-14-18-12-8-10(16)7-11(17)15(12)19-14/h2-5,7-8H,6,17H2,1H3,(H,18,19). The number of H-pyrrole nitrogens is 1. The average Bonchev–Trinajstić information content (AvgIpc) is 2.82. The van der Waals surface area contributed by atoms with Crippen LogP contribution in [0.15, 0.2) is 40.9 Å². The number of ether oxygens (including phenoxy) is 1. The molecule has 1 aromatic heterocycles. The Morgan fingerprint density at radius 3 is 2.90 bits per heavy atom. The smallest absolute Gasteiger partial charge is 0.122 e. The first-order valence-corrected chi connectivity index (χ1v) is 7.02. The maximum Gasteiger partial charge on any atom is 0.122 e. The van der Waals surface area contributed by atoms with Crippen LogP contribution in [0, 0.1) is 0 Å². The van der Waals surface area contributed by atoms with E-state index in [2.05, 4.69) is 25.9 Å². The van der Waals surface area contributed by atoms with Gasteiger partial charge in [0, 0.05) is 16.5 Å². The summed E-state index contributed by atoms with van der Waals surface area (Å²) in [6.45, 7) is 0. The van der Waals surface area contributed by atoms with Crippen molar-refractivity contribution >= 4 is 32.7 Å². The largest absolute Gasteiger partial charge is 0.496 e. The fourth-order valence-electron chi connectivity index (χ4n) is 2.27. The van der Waals surface area contributed by atoms with E-state index in [1.54, 1.807) is 7.11 Å². The van der Waals surface area contributed by atoms with Crippen LogP contribution in [0.4, 0.5) is 5.69 Å². The summed E-state index contributed by atoms with van der Waals surface area (Å²) < 4.78 is 6.30. The van der Waals surface area contributed by atoms with Crippen LogP contribution in [-0.4, -0.2) is 17.1 Å². The second-order valence-electron chi connectivity index (χ2n) is 4.56. The number of nitrogens with two attached hydrogens (primary N) is 1. The topological polar surface area (TPSA) is 63.9 Å². The molecule has 0 aliphatic rings. The molecule has 0 saturated heterocycles. The highest BCUT2D eigenvalue weighted by atomic mass is 79.9. The zero-order valence-corrected chi connectivity index (χ0v) is 12.6. The van der Waals surface area contributed by atoms with Gasteiger partial charge < -0.3 is 15.5 Å². The fourth-order valence-corrected chi connectivity index (χ4v) is 2.75. The van der Waals surface area contributed by atoms with Gasteiger partial charge in [-0.3, -0.25) is 0 Å². The summed E-state index contributed by atoms with van der Waals surface area (Å²) in [4.78, 5) is 7.87. The molecule has 0 radical (unpaired) electrons. The van der Waals surface area contributed by atoms with Crippen LogP contribution in [-0.2, 0) is 6.42 Å². The van der Waals surface area contributed by atoms with E-state index >= 15 is 0 Å². The van der Waals surface area contributed by atoms with Gasteiger partial charge in [0.05, 0.1) is 18.3 Å².